The van der Waals surface area contributed by atoms with Gasteiger partial charge in [0.2, 0.25) is 0 Å². The fraction of sp³-hybridized carbons (Fsp3) is 0.833. The highest BCUT2D eigenvalue weighted by Crippen LogP contribution is 2.72. The molecule has 3 heteroatoms. The highest BCUT2D eigenvalue weighted by atomic mass is 16.5. The van der Waals surface area contributed by atoms with E-state index in [4.69, 9.17) is 4.74 Å². The van der Waals surface area contributed by atoms with Crippen molar-refractivity contribution in [1.29, 1.82) is 0 Å². The molecule has 7 atom stereocenters. The van der Waals surface area contributed by atoms with Gasteiger partial charge < -0.3 is 9.84 Å². The second-order valence-corrected chi connectivity index (χ2v) is 8.02. The lowest BCUT2D eigenvalue weighted by Gasteiger charge is -2.50. The number of fused-ring (bicyclic) bond motifs is 9. The Morgan fingerprint density at radius 2 is 1.95 bits per heavy atom. The normalized spacial score (nSPS) is 54.3. The summed E-state index contributed by atoms with van der Waals surface area (Å²) in [5.74, 6) is 1.65. The Kier molecular flexibility index (Phi) is 2.49. The van der Waals surface area contributed by atoms with Gasteiger partial charge in [-0.15, -0.1) is 0 Å². The first-order chi connectivity index (χ1) is 10.2. The van der Waals surface area contributed by atoms with Crippen molar-refractivity contribution < 1.29 is 14.6 Å². The molecule has 0 aromatic heterocycles. The summed E-state index contributed by atoms with van der Waals surface area (Å²) in [4.78, 5) is 11.6. The molecule has 5 aliphatic rings. The minimum atomic E-state index is -0.633. The van der Waals surface area contributed by atoms with E-state index in [1.165, 1.54) is 38.5 Å². The largest absolute Gasteiger partial charge is 0.481 e. The summed E-state index contributed by atoms with van der Waals surface area (Å²) < 4.78 is 6.33. The van der Waals surface area contributed by atoms with Gasteiger partial charge in [0.15, 0.2) is 0 Å². The van der Waals surface area contributed by atoms with E-state index in [-0.39, 0.29) is 18.1 Å². The Labute approximate surface area is 125 Å². The van der Waals surface area contributed by atoms with Gasteiger partial charge in [0.1, 0.15) is 0 Å². The lowest BCUT2D eigenvalue weighted by atomic mass is 9.51. The lowest BCUT2D eigenvalue weighted by Crippen LogP contribution is -2.52. The number of carboxylic acid groups (broad SMARTS) is 1. The van der Waals surface area contributed by atoms with Crippen molar-refractivity contribution in [2.75, 3.05) is 0 Å². The van der Waals surface area contributed by atoms with Gasteiger partial charge in [0, 0.05) is 11.3 Å². The fourth-order valence-corrected chi connectivity index (χ4v) is 7.01. The monoisotopic (exact) mass is 288 g/mol. The first-order valence-electron chi connectivity index (χ1n) is 8.79. The van der Waals surface area contributed by atoms with Gasteiger partial charge in [-0.2, -0.15) is 0 Å². The number of hydrogen-bond donors (Lipinski definition) is 1. The summed E-state index contributed by atoms with van der Waals surface area (Å²) in [7, 11) is 0. The molecule has 4 bridgehead atoms. The number of carboxylic acids is 1. The number of hydrogen-bond acceptors (Lipinski definition) is 2. The van der Waals surface area contributed by atoms with E-state index in [1.54, 1.807) is 0 Å². The zero-order valence-electron chi connectivity index (χ0n) is 12.4. The molecule has 0 aromatic rings. The quantitative estimate of drug-likeness (QED) is 0.793. The molecule has 5 rings (SSSR count). The van der Waals surface area contributed by atoms with Crippen molar-refractivity contribution in [2.24, 2.45) is 35.0 Å². The highest BCUT2D eigenvalue weighted by molar-refractivity contribution is 5.72. The molecule has 3 aliphatic carbocycles. The Balaban J connectivity index is 1.57. The van der Waals surface area contributed by atoms with Crippen LogP contribution in [0, 0.1) is 35.0 Å². The summed E-state index contributed by atoms with van der Waals surface area (Å²) >= 11 is 0. The van der Waals surface area contributed by atoms with Crippen LogP contribution in [0.1, 0.15) is 44.9 Å². The third kappa shape index (κ3) is 1.37. The van der Waals surface area contributed by atoms with Crippen LogP contribution in [-0.4, -0.2) is 23.3 Å². The van der Waals surface area contributed by atoms with Gasteiger partial charge in [-0.3, -0.25) is 4.79 Å². The smallest absolute Gasteiger partial charge is 0.309 e. The van der Waals surface area contributed by atoms with Crippen LogP contribution in [0.3, 0.4) is 0 Å². The van der Waals surface area contributed by atoms with Gasteiger partial charge in [0.25, 0.3) is 0 Å². The van der Waals surface area contributed by atoms with E-state index in [1.807, 2.05) is 0 Å². The van der Waals surface area contributed by atoms with Gasteiger partial charge in [-0.25, -0.2) is 0 Å². The Bertz CT molecular complexity index is 507. The van der Waals surface area contributed by atoms with Crippen molar-refractivity contribution in [3.8, 4) is 0 Å². The van der Waals surface area contributed by atoms with Crippen molar-refractivity contribution in [2.45, 2.75) is 57.2 Å². The minimum Gasteiger partial charge on any atom is -0.481 e. The molecular weight excluding hydrogens is 264 g/mol. The fourth-order valence-electron chi connectivity index (χ4n) is 7.01. The van der Waals surface area contributed by atoms with Crippen LogP contribution in [0.5, 0.6) is 0 Å². The summed E-state index contributed by atoms with van der Waals surface area (Å²) in [6.07, 6.45) is 13.9. The molecule has 3 nitrogen and oxygen atoms in total. The predicted molar refractivity (Wildman–Crippen MR) is 77.6 cm³/mol. The van der Waals surface area contributed by atoms with Gasteiger partial charge in [-0.1, -0.05) is 31.4 Å². The van der Waals surface area contributed by atoms with Gasteiger partial charge in [-0.05, 0) is 43.4 Å². The SMILES string of the molecule is O=C(O)C1CC2OC1C1C3C=CC(C3)C21C1CCCCC1. The molecule has 2 saturated carbocycles. The maximum Gasteiger partial charge on any atom is 0.309 e. The number of aliphatic carboxylic acids is 1. The van der Waals surface area contributed by atoms with E-state index >= 15 is 0 Å². The number of rotatable bonds is 2. The highest BCUT2D eigenvalue weighted by Gasteiger charge is 2.73. The topological polar surface area (TPSA) is 46.5 Å². The Morgan fingerprint density at radius 1 is 1.14 bits per heavy atom. The molecule has 21 heavy (non-hydrogen) atoms. The maximum absolute atomic E-state index is 11.6. The van der Waals surface area contributed by atoms with E-state index in [0.717, 1.165) is 12.3 Å². The minimum absolute atomic E-state index is 0.00521. The number of allylic oxidation sites excluding steroid dienone is 2. The van der Waals surface area contributed by atoms with Crippen molar-refractivity contribution in [3.05, 3.63) is 12.2 Å². The summed E-state index contributed by atoms with van der Waals surface area (Å²) in [5.41, 5.74) is 0.302. The molecule has 0 spiro atoms. The van der Waals surface area contributed by atoms with Crippen molar-refractivity contribution in [3.63, 3.8) is 0 Å². The van der Waals surface area contributed by atoms with Crippen LogP contribution in [0.2, 0.25) is 0 Å². The van der Waals surface area contributed by atoms with Crippen LogP contribution in [0.25, 0.3) is 0 Å². The van der Waals surface area contributed by atoms with Crippen LogP contribution < -0.4 is 0 Å². The number of ether oxygens (including phenoxy) is 1. The van der Waals surface area contributed by atoms with Gasteiger partial charge in [0.05, 0.1) is 18.1 Å². The Morgan fingerprint density at radius 3 is 2.71 bits per heavy atom. The van der Waals surface area contributed by atoms with Gasteiger partial charge >= 0.3 is 5.97 Å². The molecule has 1 N–H and O–H groups in total. The zero-order valence-corrected chi connectivity index (χ0v) is 12.4. The third-order valence-electron chi connectivity index (χ3n) is 7.52. The standard InChI is InChI=1S/C18H24O3/c19-17(20)13-9-14-18(11-4-2-1-3-5-11)12-7-6-10(8-12)15(18)16(13)21-14/h6-7,10-16H,1-5,8-9H2,(H,19,20). The van der Waals surface area contributed by atoms with Crippen molar-refractivity contribution in [1.82, 2.24) is 0 Å². The molecule has 7 unspecified atom stereocenters. The zero-order chi connectivity index (χ0) is 14.2. The van der Waals surface area contributed by atoms with Crippen molar-refractivity contribution >= 4 is 5.97 Å². The van der Waals surface area contributed by atoms with Crippen LogP contribution in [0.15, 0.2) is 12.2 Å². The van der Waals surface area contributed by atoms with Crippen LogP contribution in [0.4, 0.5) is 0 Å². The van der Waals surface area contributed by atoms with E-state index in [0.29, 0.717) is 23.2 Å². The third-order valence-corrected chi connectivity index (χ3v) is 7.52. The van der Waals surface area contributed by atoms with Crippen LogP contribution >= 0.6 is 0 Å². The second-order valence-electron chi connectivity index (χ2n) is 8.02. The molecule has 2 saturated heterocycles. The average Bonchev–Trinajstić information content (AvgIpc) is 3.25. The van der Waals surface area contributed by atoms with Crippen LogP contribution in [-0.2, 0) is 9.53 Å². The first kappa shape index (κ1) is 12.7. The van der Waals surface area contributed by atoms with E-state index in [9.17, 15) is 9.90 Å². The lowest BCUT2D eigenvalue weighted by molar-refractivity contribution is -0.145. The van der Waals surface area contributed by atoms with E-state index < -0.39 is 5.97 Å². The number of carbonyl (C=O) groups is 1. The molecule has 0 radical (unpaired) electrons. The second kappa shape index (κ2) is 4.13. The van der Waals surface area contributed by atoms with E-state index in [2.05, 4.69) is 12.2 Å². The predicted octanol–water partition coefficient (Wildman–Crippen LogP) is 3.25. The summed E-state index contributed by atoms with van der Waals surface area (Å²) in [5, 5.41) is 9.52. The molecule has 0 amide bonds. The molecular formula is C18H24O3. The molecule has 2 aliphatic heterocycles. The first-order valence-corrected chi connectivity index (χ1v) is 8.79. The Hall–Kier alpha value is -0.830. The maximum atomic E-state index is 11.6. The molecule has 114 valence electrons. The average molecular weight is 288 g/mol. The summed E-state index contributed by atoms with van der Waals surface area (Å²) in [6.45, 7) is 0. The summed E-state index contributed by atoms with van der Waals surface area (Å²) in [6, 6.07) is 0. The molecule has 4 fully saturated rings. The molecule has 2 heterocycles. The molecule has 0 aromatic carbocycles.